The Balaban J connectivity index is 2.44. The van der Waals surface area contributed by atoms with Gasteiger partial charge in [-0.25, -0.2) is 4.79 Å². The zero-order chi connectivity index (χ0) is 20.1. The van der Waals surface area contributed by atoms with Crippen molar-refractivity contribution in [3.63, 3.8) is 0 Å². The van der Waals surface area contributed by atoms with Crippen LogP contribution in [0.4, 0.5) is 0 Å². The molecule has 27 heavy (non-hydrogen) atoms. The zero-order valence-corrected chi connectivity index (χ0v) is 17.1. The van der Waals surface area contributed by atoms with E-state index in [4.69, 9.17) is 0 Å². The number of hydrogen-bond acceptors (Lipinski definition) is 4. The molecule has 0 radical (unpaired) electrons. The third-order valence-corrected chi connectivity index (χ3v) is 4.97. The van der Waals surface area contributed by atoms with Crippen LogP contribution in [-0.2, 0) is 9.53 Å². The third kappa shape index (κ3) is 9.23. The van der Waals surface area contributed by atoms with Crippen LogP contribution in [0.1, 0.15) is 71.6 Å². The molecule has 0 fully saturated rings. The van der Waals surface area contributed by atoms with Crippen LogP contribution in [0.25, 0.3) is 0 Å². The van der Waals surface area contributed by atoms with Gasteiger partial charge >= 0.3 is 5.97 Å². The van der Waals surface area contributed by atoms with Gasteiger partial charge in [0.2, 0.25) is 0 Å². The van der Waals surface area contributed by atoms with Gasteiger partial charge < -0.3 is 14.9 Å². The molecule has 2 N–H and O–H groups in total. The highest BCUT2D eigenvalue weighted by Gasteiger charge is 2.34. The van der Waals surface area contributed by atoms with Gasteiger partial charge in [0.1, 0.15) is 0 Å². The van der Waals surface area contributed by atoms with Gasteiger partial charge in [0.05, 0.1) is 7.11 Å². The molecule has 152 valence electrons. The minimum absolute atomic E-state index is 0.208. The van der Waals surface area contributed by atoms with Crippen LogP contribution in [0.15, 0.2) is 41.7 Å². The van der Waals surface area contributed by atoms with Gasteiger partial charge in [-0.15, -0.1) is 5.73 Å². The van der Waals surface area contributed by atoms with Crippen molar-refractivity contribution >= 4 is 5.97 Å². The first-order chi connectivity index (χ1) is 12.9. The standard InChI is InChI=1S/C23H36O4/c1-4-5-6-7-8-9-10-14-20-16-12-17-21(20)15-11-13-19(2)18-23(25,26)22(24)27-3/h10-12,14,16,20-21,25-26H,4-9,15,17-18H2,1-3H3/t13?,20-,21-/m0/s1. The van der Waals surface area contributed by atoms with E-state index in [1.165, 1.54) is 32.1 Å². The summed E-state index contributed by atoms with van der Waals surface area (Å²) in [6.07, 6.45) is 20.5. The molecule has 4 heteroatoms. The van der Waals surface area contributed by atoms with Gasteiger partial charge in [-0.2, -0.15) is 0 Å². The molecule has 0 spiro atoms. The Bertz CT molecular complexity index is 565. The van der Waals surface area contributed by atoms with E-state index in [1.807, 2.05) is 6.08 Å². The summed E-state index contributed by atoms with van der Waals surface area (Å²) in [5, 5.41) is 19.4. The maximum Gasteiger partial charge on any atom is 0.366 e. The predicted molar refractivity (Wildman–Crippen MR) is 109 cm³/mol. The monoisotopic (exact) mass is 376 g/mol. The molecule has 0 saturated heterocycles. The number of rotatable bonds is 12. The van der Waals surface area contributed by atoms with Gasteiger partial charge in [0, 0.05) is 6.42 Å². The van der Waals surface area contributed by atoms with Crippen LogP contribution in [0.3, 0.4) is 0 Å². The molecule has 4 nitrogen and oxygen atoms in total. The maximum atomic E-state index is 11.3. The van der Waals surface area contributed by atoms with Crippen molar-refractivity contribution in [3.8, 4) is 0 Å². The van der Waals surface area contributed by atoms with E-state index in [9.17, 15) is 15.0 Å². The van der Waals surface area contributed by atoms with Crippen LogP contribution in [0, 0.1) is 11.8 Å². The normalized spacial score (nSPS) is 19.3. The second-order valence-corrected chi connectivity index (χ2v) is 7.48. The number of carbonyl (C=O) groups is 1. The van der Waals surface area contributed by atoms with Crippen molar-refractivity contribution in [2.45, 2.75) is 77.4 Å². The minimum Gasteiger partial charge on any atom is -0.465 e. The Morgan fingerprint density at radius 3 is 2.74 bits per heavy atom. The Morgan fingerprint density at radius 2 is 2.04 bits per heavy atom. The second-order valence-electron chi connectivity index (χ2n) is 7.48. The third-order valence-electron chi connectivity index (χ3n) is 4.97. The van der Waals surface area contributed by atoms with Crippen LogP contribution in [-0.4, -0.2) is 29.1 Å². The molecular formula is C23H36O4. The Kier molecular flexibility index (Phi) is 11.0. The summed E-state index contributed by atoms with van der Waals surface area (Å²) >= 11 is 0. The fraction of sp³-hybridized carbons (Fsp3) is 0.652. The molecule has 0 aromatic heterocycles. The molecule has 1 aliphatic carbocycles. The van der Waals surface area contributed by atoms with E-state index in [1.54, 1.807) is 6.92 Å². The number of methoxy groups -OCH3 is 1. The predicted octanol–water partition coefficient (Wildman–Crippen LogP) is 4.83. The van der Waals surface area contributed by atoms with E-state index >= 15 is 0 Å². The molecular weight excluding hydrogens is 340 g/mol. The van der Waals surface area contributed by atoms with Gasteiger partial charge in [0.15, 0.2) is 0 Å². The first-order valence-electron chi connectivity index (χ1n) is 10.2. The van der Waals surface area contributed by atoms with Gasteiger partial charge in [-0.3, -0.25) is 0 Å². The molecule has 0 aromatic rings. The number of unbranched alkanes of at least 4 members (excludes halogenated alkanes) is 5. The van der Waals surface area contributed by atoms with Crippen molar-refractivity contribution < 1.29 is 19.7 Å². The first kappa shape index (κ1) is 23.4. The molecule has 0 amide bonds. The molecule has 0 saturated carbocycles. The number of esters is 1. The van der Waals surface area contributed by atoms with E-state index in [-0.39, 0.29) is 6.42 Å². The Labute approximate surface area is 164 Å². The summed E-state index contributed by atoms with van der Waals surface area (Å²) < 4.78 is 4.38. The highest BCUT2D eigenvalue weighted by atomic mass is 16.6. The Morgan fingerprint density at radius 1 is 1.30 bits per heavy atom. The molecule has 0 unspecified atom stereocenters. The van der Waals surface area contributed by atoms with Crippen molar-refractivity contribution in [1.82, 2.24) is 0 Å². The molecule has 0 aromatic carbocycles. The molecule has 1 rings (SSSR count). The average Bonchev–Trinajstić information content (AvgIpc) is 3.07. The van der Waals surface area contributed by atoms with Crippen LogP contribution in [0.2, 0.25) is 0 Å². The topological polar surface area (TPSA) is 66.8 Å². The lowest BCUT2D eigenvalue weighted by Crippen LogP contribution is -2.39. The van der Waals surface area contributed by atoms with Crippen molar-refractivity contribution in [3.05, 3.63) is 41.7 Å². The lowest BCUT2D eigenvalue weighted by Gasteiger charge is -2.17. The van der Waals surface area contributed by atoms with Crippen LogP contribution >= 0.6 is 0 Å². The summed E-state index contributed by atoms with van der Waals surface area (Å²) in [6.45, 7) is 3.96. The van der Waals surface area contributed by atoms with Gasteiger partial charge in [-0.1, -0.05) is 56.9 Å². The molecule has 0 heterocycles. The largest absolute Gasteiger partial charge is 0.465 e. The SMILES string of the molecule is CCCCCCCC=C[C@H]1C=CC[C@@H]1CC=C=C(C)CC(O)(O)C(=O)OC. The lowest BCUT2D eigenvalue weighted by molar-refractivity contribution is -0.206. The fourth-order valence-corrected chi connectivity index (χ4v) is 3.36. The summed E-state index contributed by atoms with van der Waals surface area (Å²) in [7, 11) is 1.13. The molecule has 1 aliphatic rings. The van der Waals surface area contributed by atoms with Crippen molar-refractivity contribution in [1.29, 1.82) is 0 Å². The Hall–Kier alpha value is -1.61. The van der Waals surface area contributed by atoms with Crippen LogP contribution < -0.4 is 0 Å². The summed E-state index contributed by atoms with van der Waals surface area (Å²) in [4.78, 5) is 11.3. The number of hydrogen-bond donors (Lipinski definition) is 2. The highest BCUT2D eigenvalue weighted by molar-refractivity contribution is 5.77. The van der Waals surface area contributed by atoms with E-state index in [0.717, 1.165) is 26.4 Å². The van der Waals surface area contributed by atoms with Gasteiger partial charge in [0.25, 0.3) is 5.79 Å². The number of aliphatic hydroxyl groups is 2. The highest BCUT2D eigenvalue weighted by Crippen LogP contribution is 2.30. The van der Waals surface area contributed by atoms with Crippen molar-refractivity contribution in [2.24, 2.45) is 11.8 Å². The second kappa shape index (κ2) is 12.7. The van der Waals surface area contributed by atoms with Gasteiger partial charge in [-0.05, 0) is 56.1 Å². The summed E-state index contributed by atoms with van der Waals surface area (Å²) in [5.74, 6) is -2.56. The molecule has 0 bridgehead atoms. The first-order valence-corrected chi connectivity index (χ1v) is 10.2. The summed E-state index contributed by atoms with van der Waals surface area (Å²) in [6, 6.07) is 0. The number of carbonyl (C=O) groups excluding carboxylic acids is 1. The lowest BCUT2D eigenvalue weighted by atomic mass is 9.91. The van der Waals surface area contributed by atoms with E-state index in [2.05, 4.69) is 41.7 Å². The molecule has 2 atom stereocenters. The van der Waals surface area contributed by atoms with E-state index < -0.39 is 11.8 Å². The van der Waals surface area contributed by atoms with Crippen molar-refractivity contribution in [2.75, 3.05) is 7.11 Å². The fourth-order valence-electron chi connectivity index (χ4n) is 3.36. The smallest absolute Gasteiger partial charge is 0.366 e. The average molecular weight is 377 g/mol. The quantitative estimate of drug-likeness (QED) is 0.168. The minimum atomic E-state index is -2.49. The maximum absolute atomic E-state index is 11.3. The van der Waals surface area contributed by atoms with Crippen LogP contribution in [0.5, 0.6) is 0 Å². The zero-order valence-electron chi connectivity index (χ0n) is 17.1. The number of ether oxygens (including phenoxy) is 1. The van der Waals surface area contributed by atoms with E-state index in [0.29, 0.717) is 17.4 Å². The molecule has 0 aliphatic heterocycles. The number of allylic oxidation sites excluding steroid dienone is 4. The summed E-state index contributed by atoms with van der Waals surface area (Å²) in [5.41, 5.74) is 3.68.